The van der Waals surface area contributed by atoms with Gasteiger partial charge in [0, 0.05) is 17.5 Å². The molecule has 19 heavy (non-hydrogen) atoms. The molecule has 2 rings (SSSR count). The summed E-state index contributed by atoms with van der Waals surface area (Å²) in [6, 6.07) is 5.29. The molecule has 4 heteroatoms. The van der Waals surface area contributed by atoms with Crippen molar-refractivity contribution in [3.05, 3.63) is 28.8 Å². The van der Waals surface area contributed by atoms with Gasteiger partial charge in [-0.25, -0.2) is 0 Å². The molecule has 1 heterocycles. The molecule has 1 aliphatic heterocycles. The Morgan fingerprint density at radius 1 is 1.53 bits per heavy atom. The Hall–Kier alpha value is -1.06. The van der Waals surface area contributed by atoms with Crippen LogP contribution in [-0.4, -0.2) is 25.5 Å². The van der Waals surface area contributed by atoms with Crippen molar-refractivity contribution in [3.8, 4) is 5.75 Å². The van der Waals surface area contributed by atoms with Gasteiger partial charge in [0.05, 0.1) is 12.2 Å². The Morgan fingerprint density at radius 2 is 2.37 bits per heavy atom. The van der Waals surface area contributed by atoms with Gasteiger partial charge in [-0.05, 0) is 44.0 Å². The van der Waals surface area contributed by atoms with E-state index >= 15 is 0 Å². The maximum absolute atomic E-state index is 12.6. The Kier molecular flexibility index (Phi) is 5.23. The standard InChI is InChI=1S/C15H20ClNO2/c1-2-8-19-14-6-5-12(16)9-13(14)15(18)11-4-3-7-17-10-11/h5-6,9,11,17H,2-4,7-8,10H2,1H3. The number of benzene rings is 1. The van der Waals surface area contributed by atoms with Gasteiger partial charge in [0.2, 0.25) is 0 Å². The molecular weight excluding hydrogens is 262 g/mol. The Morgan fingerprint density at radius 3 is 3.05 bits per heavy atom. The van der Waals surface area contributed by atoms with Gasteiger partial charge in [0.25, 0.3) is 0 Å². The van der Waals surface area contributed by atoms with Crippen molar-refractivity contribution in [1.82, 2.24) is 5.32 Å². The molecule has 0 aliphatic carbocycles. The van der Waals surface area contributed by atoms with Gasteiger partial charge in [-0.2, -0.15) is 0 Å². The van der Waals surface area contributed by atoms with Crippen LogP contribution < -0.4 is 10.1 Å². The van der Waals surface area contributed by atoms with Crippen LogP contribution in [0, 0.1) is 5.92 Å². The molecule has 3 nitrogen and oxygen atoms in total. The molecule has 1 aliphatic rings. The summed E-state index contributed by atoms with van der Waals surface area (Å²) in [4.78, 5) is 12.6. The maximum Gasteiger partial charge on any atom is 0.170 e. The van der Waals surface area contributed by atoms with Gasteiger partial charge >= 0.3 is 0 Å². The number of hydrogen-bond donors (Lipinski definition) is 1. The van der Waals surface area contributed by atoms with Crippen molar-refractivity contribution in [3.63, 3.8) is 0 Å². The summed E-state index contributed by atoms with van der Waals surface area (Å²) < 4.78 is 5.65. The molecular formula is C15H20ClNO2. The average Bonchev–Trinajstić information content (AvgIpc) is 2.46. The number of piperidine rings is 1. The molecule has 104 valence electrons. The van der Waals surface area contributed by atoms with Crippen LogP contribution in [-0.2, 0) is 0 Å². The van der Waals surface area contributed by atoms with Crippen LogP contribution in [0.3, 0.4) is 0 Å². The number of ether oxygens (including phenoxy) is 1. The second kappa shape index (κ2) is 6.92. The number of Topliss-reactive ketones (excluding diaryl/α,β-unsaturated/α-hetero) is 1. The average molecular weight is 282 g/mol. The fraction of sp³-hybridized carbons (Fsp3) is 0.533. The third-order valence-electron chi connectivity index (χ3n) is 3.34. The number of ketones is 1. The van der Waals surface area contributed by atoms with E-state index in [1.807, 2.05) is 6.92 Å². The van der Waals surface area contributed by atoms with Gasteiger partial charge in [0.15, 0.2) is 5.78 Å². The number of halogens is 1. The Bertz CT molecular complexity index is 442. The largest absolute Gasteiger partial charge is 0.493 e. The predicted molar refractivity (Wildman–Crippen MR) is 77.2 cm³/mol. The van der Waals surface area contributed by atoms with E-state index in [0.717, 1.165) is 32.4 Å². The van der Waals surface area contributed by atoms with Gasteiger partial charge in [-0.1, -0.05) is 18.5 Å². The highest BCUT2D eigenvalue weighted by Crippen LogP contribution is 2.27. The number of carbonyl (C=O) groups excluding carboxylic acids is 1. The fourth-order valence-corrected chi connectivity index (χ4v) is 2.50. The van der Waals surface area contributed by atoms with E-state index in [1.165, 1.54) is 0 Å². The van der Waals surface area contributed by atoms with Crippen LogP contribution >= 0.6 is 11.6 Å². The van der Waals surface area contributed by atoms with E-state index in [1.54, 1.807) is 18.2 Å². The van der Waals surface area contributed by atoms with Crippen molar-refractivity contribution >= 4 is 17.4 Å². The lowest BCUT2D eigenvalue weighted by Crippen LogP contribution is -2.34. The zero-order valence-electron chi connectivity index (χ0n) is 11.2. The third kappa shape index (κ3) is 3.71. The van der Waals surface area contributed by atoms with Crippen molar-refractivity contribution < 1.29 is 9.53 Å². The highest BCUT2D eigenvalue weighted by Gasteiger charge is 2.24. The highest BCUT2D eigenvalue weighted by molar-refractivity contribution is 6.31. The molecule has 1 atom stereocenters. The zero-order chi connectivity index (χ0) is 13.7. The van der Waals surface area contributed by atoms with E-state index in [2.05, 4.69) is 5.32 Å². The lowest BCUT2D eigenvalue weighted by atomic mass is 9.90. The summed E-state index contributed by atoms with van der Waals surface area (Å²) in [6.45, 7) is 4.41. The molecule has 0 bridgehead atoms. The topological polar surface area (TPSA) is 38.3 Å². The summed E-state index contributed by atoms with van der Waals surface area (Å²) >= 11 is 6.01. The number of hydrogen-bond acceptors (Lipinski definition) is 3. The highest BCUT2D eigenvalue weighted by atomic mass is 35.5. The first-order valence-electron chi connectivity index (χ1n) is 6.89. The first kappa shape index (κ1) is 14.4. The van der Waals surface area contributed by atoms with E-state index in [0.29, 0.717) is 22.9 Å². The normalized spacial score (nSPS) is 19.2. The minimum absolute atomic E-state index is 0.0381. The van der Waals surface area contributed by atoms with Crippen LogP contribution in [0.1, 0.15) is 36.5 Å². The predicted octanol–water partition coefficient (Wildman–Crippen LogP) is 3.31. The lowest BCUT2D eigenvalue weighted by Gasteiger charge is -2.22. The monoisotopic (exact) mass is 281 g/mol. The molecule has 1 aromatic rings. The first-order chi connectivity index (χ1) is 9.22. The Balaban J connectivity index is 2.20. The van der Waals surface area contributed by atoms with Crippen molar-refractivity contribution in [2.75, 3.05) is 19.7 Å². The van der Waals surface area contributed by atoms with Crippen LogP contribution in [0.15, 0.2) is 18.2 Å². The smallest absolute Gasteiger partial charge is 0.170 e. The second-order valence-electron chi connectivity index (χ2n) is 4.90. The first-order valence-corrected chi connectivity index (χ1v) is 7.27. The Labute approximate surface area is 119 Å². The summed E-state index contributed by atoms with van der Waals surface area (Å²) in [5.74, 6) is 0.832. The molecule has 0 saturated carbocycles. The molecule has 1 unspecified atom stereocenters. The van der Waals surface area contributed by atoms with E-state index in [4.69, 9.17) is 16.3 Å². The van der Waals surface area contributed by atoms with Gasteiger partial charge < -0.3 is 10.1 Å². The summed E-state index contributed by atoms with van der Waals surface area (Å²) in [5, 5.41) is 3.85. The molecule has 0 radical (unpaired) electrons. The van der Waals surface area contributed by atoms with Crippen LogP contribution in [0.4, 0.5) is 0 Å². The molecule has 1 aromatic carbocycles. The SMILES string of the molecule is CCCOc1ccc(Cl)cc1C(=O)C1CCCNC1. The summed E-state index contributed by atoms with van der Waals surface area (Å²) in [6.07, 6.45) is 2.90. The lowest BCUT2D eigenvalue weighted by molar-refractivity contribution is 0.0895. The third-order valence-corrected chi connectivity index (χ3v) is 3.57. The molecule has 0 spiro atoms. The number of nitrogens with one attached hydrogen (secondary N) is 1. The van der Waals surface area contributed by atoms with Crippen molar-refractivity contribution in [2.45, 2.75) is 26.2 Å². The van der Waals surface area contributed by atoms with Crippen LogP contribution in [0.2, 0.25) is 5.02 Å². The molecule has 1 N–H and O–H groups in total. The minimum Gasteiger partial charge on any atom is -0.493 e. The van der Waals surface area contributed by atoms with Crippen LogP contribution in [0.25, 0.3) is 0 Å². The quantitative estimate of drug-likeness (QED) is 0.842. The minimum atomic E-state index is 0.0381. The van der Waals surface area contributed by atoms with Gasteiger partial charge in [-0.15, -0.1) is 0 Å². The summed E-state index contributed by atoms with van der Waals surface area (Å²) in [5.41, 5.74) is 0.620. The maximum atomic E-state index is 12.6. The number of carbonyl (C=O) groups is 1. The zero-order valence-corrected chi connectivity index (χ0v) is 12.0. The van der Waals surface area contributed by atoms with Crippen molar-refractivity contribution in [2.24, 2.45) is 5.92 Å². The van der Waals surface area contributed by atoms with E-state index < -0.39 is 0 Å². The van der Waals surface area contributed by atoms with E-state index in [-0.39, 0.29) is 11.7 Å². The van der Waals surface area contributed by atoms with Gasteiger partial charge in [0.1, 0.15) is 5.75 Å². The fourth-order valence-electron chi connectivity index (χ4n) is 2.33. The second-order valence-corrected chi connectivity index (χ2v) is 5.33. The number of rotatable bonds is 5. The molecule has 1 fully saturated rings. The molecule has 0 aromatic heterocycles. The molecule has 1 saturated heterocycles. The van der Waals surface area contributed by atoms with E-state index in [9.17, 15) is 4.79 Å². The van der Waals surface area contributed by atoms with Crippen molar-refractivity contribution in [1.29, 1.82) is 0 Å². The van der Waals surface area contributed by atoms with Gasteiger partial charge in [-0.3, -0.25) is 4.79 Å². The molecule has 0 amide bonds. The summed E-state index contributed by atoms with van der Waals surface area (Å²) in [7, 11) is 0. The van der Waals surface area contributed by atoms with Crippen LogP contribution in [0.5, 0.6) is 5.75 Å².